The molecule has 1 aromatic carbocycles. The van der Waals surface area contributed by atoms with Crippen molar-refractivity contribution in [1.29, 1.82) is 0 Å². The number of benzene rings is 1. The van der Waals surface area contributed by atoms with Crippen molar-refractivity contribution in [3.05, 3.63) is 35.7 Å². The van der Waals surface area contributed by atoms with E-state index in [-0.39, 0.29) is 11.4 Å². The Balaban J connectivity index is 2.62. The maximum atomic E-state index is 12.9. The minimum Gasteiger partial charge on any atom is -0.478 e. The molecular formula is C11H12FNO2S. The van der Waals surface area contributed by atoms with E-state index >= 15 is 0 Å². The average Bonchev–Trinajstić information content (AvgIpc) is 2.15. The second kappa shape index (κ2) is 5.55. The Labute approximate surface area is 97.2 Å². The minimum absolute atomic E-state index is 0.275. The number of aliphatic carboxylic acids is 1. The number of hydrogen-bond donors (Lipinski definition) is 2. The molecule has 1 rings (SSSR count). The molecule has 0 heterocycles. The Hall–Kier alpha value is -1.49. The monoisotopic (exact) mass is 241 g/mol. The summed E-state index contributed by atoms with van der Waals surface area (Å²) in [5.74, 6) is -0.859. The zero-order valence-electron chi connectivity index (χ0n) is 8.74. The van der Waals surface area contributed by atoms with Crippen molar-refractivity contribution in [2.24, 2.45) is 0 Å². The van der Waals surface area contributed by atoms with Crippen molar-refractivity contribution in [2.75, 3.05) is 11.5 Å². The number of anilines is 1. The molecule has 0 radical (unpaired) electrons. The molecule has 0 aliphatic heterocycles. The van der Waals surface area contributed by atoms with E-state index in [1.54, 1.807) is 12.1 Å². The van der Waals surface area contributed by atoms with Crippen molar-refractivity contribution in [1.82, 2.24) is 0 Å². The second-order valence-corrected chi connectivity index (χ2v) is 4.32. The number of carboxylic acids is 1. The number of nitrogens with two attached hydrogens (primary N) is 1. The third-order valence-electron chi connectivity index (χ3n) is 1.87. The van der Waals surface area contributed by atoms with Gasteiger partial charge in [-0.25, -0.2) is 9.18 Å². The Morgan fingerprint density at radius 3 is 2.81 bits per heavy atom. The van der Waals surface area contributed by atoms with E-state index in [4.69, 9.17) is 10.8 Å². The highest BCUT2D eigenvalue weighted by Crippen LogP contribution is 2.22. The molecule has 3 N–H and O–H groups in total. The molecule has 0 unspecified atom stereocenters. The Kier molecular flexibility index (Phi) is 4.37. The first-order valence-corrected chi connectivity index (χ1v) is 5.56. The van der Waals surface area contributed by atoms with Crippen LogP contribution in [0, 0.1) is 5.82 Å². The molecule has 0 spiro atoms. The lowest BCUT2D eigenvalue weighted by Crippen LogP contribution is -1.96. The summed E-state index contributed by atoms with van der Waals surface area (Å²) < 4.78 is 12.9. The molecule has 0 aromatic heterocycles. The number of hydrogen-bond acceptors (Lipinski definition) is 3. The SMILES string of the molecule is CC(=CCSc1cc(N)cc(F)c1)C(=O)O. The van der Waals surface area contributed by atoms with Gasteiger partial charge in [0.05, 0.1) is 0 Å². The highest BCUT2D eigenvalue weighted by molar-refractivity contribution is 7.99. The fourth-order valence-corrected chi connectivity index (χ4v) is 1.96. The number of halogens is 1. The van der Waals surface area contributed by atoms with Gasteiger partial charge in [0.1, 0.15) is 5.82 Å². The van der Waals surface area contributed by atoms with Crippen LogP contribution in [0.1, 0.15) is 6.92 Å². The van der Waals surface area contributed by atoms with Crippen LogP contribution >= 0.6 is 11.8 Å². The quantitative estimate of drug-likeness (QED) is 0.483. The smallest absolute Gasteiger partial charge is 0.330 e. The molecular weight excluding hydrogens is 229 g/mol. The second-order valence-electron chi connectivity index (χ2n) is 3.22. The Morgan fingerprint density at radius 2 is 2.25 bits per heavy atom. The molecule has 0 amide bonds. The van der Waals surface area contributed by atoms with Crippen LogP contribution < -0.4 is 5.73 Å². The first kappa shape index (κ1) is 12.6. The van der Waals surface area contributed by atoms with E-state index < -0.39 is 5.97 Å². The largest absolute Gasteiger partial charge is 0.478 e. The zero-order valence-corrected chi connectivity index (χ0v) is 9.55. The van der Waals surface area contributed by atoms with Gasteiger partial charge in [-0.15, -0.1) is 11.8 Å². The standard InChI is InChI=1S/C11H12FNO2S/c1-7(11(14)15)2-3-16-10-5-8(12)4-9(13)6-10/h2,4-6H,3,13H2,1H3,(H,14,15). The zero-order chi connectivity index (χ0) is 12.1. The summed E-state index contributed by atoms with van der Waals surface area (Å²) in [4.78, 5) is 11.2. The van der Waals surface area contributed by atoms with E-state index in [1.807, 2.05) is 0 Å². The third-order valence-corrected chi connectivity index (χ3v) is 2.77. The van der Waals surface area contributed by atoms with Gasteiger partial charge in [0.2, 0.25) is 0 Å². The molecule has 0 saturated heterocycles. The molecule has 0 atom stereocenters. The van der Waals surface area contributed by atoms with Gasteiger partial charge >= 0.3 is 5.97 Å². The van der Waals surface area contributed by atoms with Crippen molar-refractivity contribution in [2.45, 2.75) is 11.8 Å². The molecule has 5 heteroatoms. The van der Waals surface area contributed by atoms with Crippen LogP contribution in [0.25, 0.3) is 0 Å². The van der Waals surface area contributed by atoms with Gasteiger partial charge in [0.15, 0.2) is 0 Å². The summed E-state index contributed by atoms with van der Waals surface area (Å²) in [6, 6.07) is 4.26. The van der Waals surface area contributed by atoms with Crippen molar-refractivity contribution in [3.63, 3.8) is 0 Å². The van der Waals surface area contributed by atoms with Gasteiger partial charge in [0.25, 0.3) is 0 Å². The third kappa shape index (κ3) is 3.94. The van der Waals surface area contributed by atoms with Crippen LogP contribution in [0.3, 0.4) is 0 Å². The summed E-state index contributed by atoms with van der Waals surface area (Å²) >= 11 is 1.33. The van der Waals surface area contributed by atoms with E-state index in [1.165, 1.54) is 30.8 Å². The van der Waals surface area contributed by atoms with Gasteiger partial charge < -0.3 is 10.8 Å². The highest BCUT2D eigenvalue weighted by atomic mass is 32.2. The lowest BCUT2D eigenvalue weighted by Gasteiger charge is -2.01. The summed E-state index contributed by atoms with van der Waals surface area (Å²) in [7, 11) is 0. The van der Waals surface area contributed by atoms with Gasteiger partial charge in [-0.05, 0) is 25.1 Å². The fourth-order valence-electron chi connectivity index (χ4n) is 1.02. The predicted octanol–water partition coefficient (Wildman–Crippen LogP) is 2.53. The van der Waals surface area contributed by atoms with Gasteiger partial charge in [-0.2, -0.15) is 0 Å². The molecule has 0 saturated carbocycles. The molecule has 16 heavy (non-hydrogen) atoms. The van der Waals surface area contributed by atoms with Gasteiger partial charge in [-0.3, -0.25) is 0 Å². The first-order valence-electron chi connectivity index (χ1n) is 4.58. The number of nitrogen functional groups attached to an aromatic ring is 1. The molecule has 0 aliphatic rings. The minimum atomic E-state index is -0.945. The first-order chi connectivity index (χ1) is 7.49. The number of rotatable bonds is 4. The van der Waals surface area contributed by atoms with Gasteiger partial charge in [0, 0.05) is 21.9 Å². The Bertz CT molecular complexity index is 412. The van der Waals surface area contributed by atoms with Crippen LogP contribution in [0.2, 0.25) is 0 Å². The number of thioether (sulfide) groups is 1. The molecule has 0 aliphatic carbocycles. The van der Waals surface area contributed by atoms with E-state index in [0.717, 1.165) is 0 Å². The van der Waals surface area contributed by atoms with Crippen LogP contribution in [0.15, 0.2) is 34.7 Å². The summed E-state index contributed by atoms with van der Waals surface area (Å²) in [6.07, 6.45) is 1.58. The molecule has 0 bridgehead atoms. The van der Waals surface area contributed by atoms with Crippen LogP contribution in [-0.4, -0.2) is 16.8 Å². The van der Waals surface area contributed by atoms with Gasteiger partial charge in [-0.1, -0.05) is 6.08 Å². The average molecular weight is 241 g/mol. The lowest BCUT2D eigenvalue weighted by atomic mass is 10.3. The van der Waals surface area contributed by atoms with E-state index in [0.29, 0.717) is 16.3 Å². The maximum absolute atomic E-state index is 12.9. The molecule has 86 valence electrons. The normalized spacial score (nSPS) is 11.5. The van der Waals surface area contributed by atoms with E-state index in [2.05, 4.69) is 0 Å². The predicted molar refractivity (Wildman–Crippen MR) is 62.9 cm³/mol. The van der Waals surface area contributed by atoms with Crippen LogP contribution in [-0.2, 0) is 4.79 Å². The summed E-state index contributed by atoms with van der Waals surface area (Å²) in [5.41, 5.74) is 6.11. The van der Waals surface area contributed by atoms with Crippen molar-refractivity contribution < 1.29 is 14.3 Å². The Morgan fingerprint density at radius 1 is 1.56 bits per heavy atom. The summed E-state index contributed by atoms with van der Waals surface area (Å²) in [5, 5.41) is 8.61. The summed E-state index contributed by atoms with van der Waals surface area (Å²) in [6.45, 7) is 1.52. The van der Waals surface area contributed by atoms with E-state index in [9.17, 15) is 9.18 Å². The topological polar surface area (TPSA) is 63.3 Å². The van der Waals surface area contributed by atoms with Crippen LogP contribution in [0.4, 0.5) is 10.1 Å². The number of carbonyl (C=O) groups is 1. The van der Waals surface area contributed by atoms with Crippen molar-refractivity contribution >= 4 is 23.4 Å². The fraction of sp³-hybridized carbons (Fsp3) is 0.182. The molecule has 3 nitrogen and oxygen atoms in total. The molecule has 0 fully saturated rings. The molecule has 1 aromatic rings. The highest BCUT2D eigenvalue weighted by Gasteiger charge is 2.01. The lowest BCUT2D eigenvalue weighted by molar-refractivity contribution is -0.132. The van der Waals surface area contributed by atoms with Crippen LogP contribution in [0.5, 0.6) is 0 Å². The van der Waals surface area contributed by atoms with Crippen molar-refractivity contribution in [3.8, 4) is 0 Å². The maximum Gasteiger partial charge on any atom is 0.330 e. The number of carboxylic acid groups (broad SMARTS) is 1.